The Bertz CT molecular complexity index is 1060. The van der Waals surface area contributed by atoms with E-state index in [1.807, 2.05) is 6.07 Å². The summed E-state index contributed by atoms with van der Waals surface area (Å²) in [6, 6.07) is 13.5. The second-order valence-corrected chi connectivity index (χ2v) is 7.49. The van der Waals surface area contributed by atoms with Gasteiger partial charge in [-0.05, 0) is 40.8 Å². The topological polar surface area (TPSA) is 79.7 Å². The van der Waals surface area contributed by atoms with E-state index in [-0.39, 0.29) is 17.9 Å². The van der Waals surface area contributed by atoms with Gasteiger partial charge in [-0.2, -0.15) is 0 Å². The van der Waals surface area contributed by atoms with Gasteiger partial charge in [0.25, 0.3) is 5.91 Å². The fraction of sp³-hybridized carbons (Fsp3) is 0.136. The Kier molecular flexibility index (Phi) is 5.14. The van der Waals surface area contributed by atoms with Crippen LogP contribution in [0.4, 0.5) is 0 Å². The third kappa shape index (κ3) is 3.52. The number of Topliss-reactive ketones (excluding diaryl/α,β-unsaturated/α-hetero) is 1. The molecule has 1 aromatic carbocycles. The fourth-order valence-corrected chi connectivity index (χ4v) is 4.09. The second kappa shape index (κ2) is 7.89. The van der Waals surface area contributed by atoms with E-state index in [1.54, 1.807) is 67.3 Å². The predicted molar refractivity (Wildman–Crippen MR) is 109 cm³/mol. The van der Waals surface area contributed by atoms with Crippen molar-refractivity contribution < 1.29 is 19.4 Å². The molecule has 0 fully saturated rings. The van der Waals surface area contributed by atoms with Crippen LogP contribution >= 0.6 is 11.3 Å². The second-order valence-electron chi connectivity index (χ2n) is 6.54. The highest BCUT2D eigenvalue weighted by atomic mass is 32.1. The van der Waals surface area contributed by atoms with E-state index in [0.29, 0.717) is 16.2 Å². The number of aromatic nitrogens is 1. The molecule has 1 aliphatic rings. The number of hydrogen-bond donors (Lipinski definition) is 1. The molecule has 2 aromatic heterocycles. The maximum atomic E-state index is 13.1. The lowest BCUT2D eigenvalue weighted by Gasteiger charge is -2.27. The Morgan fingerprint density at radius 1 is 1.21 bits per heavy atom. The molecule has 0 spiro atoms. The average molecular weight is 406 g/mol. The van der Waals surface area contributed by atoms with E-state index in [4.69, 9.17) is 4.74 Å². The molecule has 0 aliphatic carbocycles. The van der Waals surface area contributed by atoms with Crippen LogP contribution in [0.25, 0.3) is 0 Å². The lowest BCUT2D eigenvalue weighted by molar-refractivity contribution is -0.130. The summed E-state index contributed by atoms with van der Waals surface area (Å²) in [5.74, 6) is -0.765. The number of methoxy groups -OCH3 is 1. The summed E-state index contributed by atoms with van der Waals surface area (Å²) in [7, 11) is 1.57. The van der Waals surface area contributed by atoms with Crippen molar-refractivity contribution in [2.24, 2.45) is 0 Å². The van der Waals surface area contributed by atoms with Crippen molar-refractivity contribution in [1.82, 2.24) is 9.88 Å². The first kappa shape index (κ1) is 18.9. The number of carbonyl (C=O) groups is 2. The number of amides is 1. The molecule has 1 N–H and O–H groups in total. The first-order chi connectivity index (χ1) is 14.1. The van der Waals surface area contributed by atoms with Crippen LogP contribution in [0.2, 0.25) is 0 Å². The lowest BCUT2D eigenvalue weighted by atomic mass is 9.95. The molecule has 0 saturated heterocycles. The number of aliphatic hydroxyl groups is 1. The van der Waals surface area contributed by atoms with Crippen LogP contribution in [-0.4, -0.2) is 33.8 Å². The fourth-order valence-electron chi connectivity index (χ4n) is 3.41. The van der Waals surface area contributed by atoms with Gasteiger partial charge in [-0.1, -0.05) is 24.3 Å². The maximum absolute atomic E-state index is 13.1. The molecular weight excluding hydrogens is 388 g/mol. The van der Waals surface area contributed by atoms with Gasteiger partial charge in [0.1, 0.15) is 5.75 Å². The minimum absolute atomic E-state index is 0.0894. The molecule has 4 rings (SSSR count). The van der Waals surface area contributed by atoms with Gasteiger partial charge >= 0.3 is 0 Å². The van der Waals surface area contributed by atoms with Crippen molar-refractivity contribution in [3.05, 3.63) is 93.6 Å². The third-order valence-electron chi connectivity index (χ3n) is 4.80. The van der Waals surface area contributed by atoms with Crippen molar-refractivity contribution in [2.45, 2.75) is 12.6 Å². The molecule has 146 valence electrons. The SMILES string of the molecule is COc1ccc(C2C(C(=O)c3cccs3)=C(O)C(=O)N2Cc2cccnc2)cc1. The first-order valence-corrected chi connectivity index (χ1v) is 9.83. The number of nitrogens with zero attached hydrogens (tertiary/aromatic N) is 2. The van der Waals surface area contributed by atoms with E-state index < -0.39 is 17.7 Å². The van der Waals surface area contributed by atoms with Crippen LogP contribution in [-0.2, 0) is 11.3 Å². The number of pyridine rings is 1. The Morgan fingerprint density at radius 2 is 2.00 bits per heavy atom. The zero-order valence-corrected chi connectivity index (χ0v) is 16.4. The van der Waals surface area contributed by atoms with Gasteiger partial charge in [-0.25, -0.2) is 0 Å². The smallest absolute Gasteiger partial charge is 0.290 e. The van der Waals surface area contributed by atoms with Crippen LogP contribution in [0.1, 0.15) is 26.8 Å². The number of thiophene rings is 1. The van der Waals surface area contributed by atoms with Crippen LogP contribution in [0.3, 0.4) is 0 Å². The number of benzene rings is 1. The summed E-state index contributed by atoms with van der Waals surface area (Å²) in [5, 5.41) is 12.4. The Labute approximate surface area is 171 Å². The molecule has 0 bridgehead atoms. The van der Waals surface area contributed by atoms with Gasteiger partial charge in [0.05, 0.1) is 23.6 Å². The molecule has 0 saturated carbocycles. The Balaban J connectivity index is 1.79. The highest BCUT2D eigenvalue weighted by molar-refractivity contribution is 7.12. The van der Waals surface area contributed by atoms with Crippen LogP contribution in [0.5, 0.6) is 5.75 Å². The lowest BCUT2D eigenvalue weighted by Crippen LogP contribution is -2.30. The predicted octanol–water partition coefficient (Wildman–Crippen LogP) is 3.93. The third-order valence-corrected chi connectivity index (χ3v) is 5.67. The largest absolute Gasteiger partial charge is 0.503 e. The molecule has 3 heterocycles. The minimum Gasteiger partial charge on any atom is -0.503 e. The van der Waals surface area contributed by atoms with E-state index >= 15 is 0 Å². The van der Waals surface area contributed by atoms with Gasteiger partial charge in [-0.15, -0.1) is 11.3 Å². The molecule has 6 nitrogen and oxygen atoms in total. The quantitative estimate of drug-likeness (QED) is 0.628. The zero-order valence-electron chi connectivity index (χ0n) is 15.6. The number of hydrogen-bond acceptors (Lipinski definition) is 6. The molecule has 1 amide bonds. The average Bonchev–Trinajstić information content (AvgIpc) is 3.38. The van der Waals surface area contributed by atoms with Crippen molar-refractivity contribution in [1.29, 1.82) is 0 Å². The van der Waals surface area contributed by atoms with Gasteiger partial charge in [-0.3, -0.25) is 14.6 Å². The number of ether oxygens (including phenoxy) is 1. The highest BCUT2D eigenvalue weighted by Gasteiger charge is 2.43. The molecule has 7 heteroatoms. The zero-order chi connectivity index (χ0) is 20.4. The summed E-state index contributed by atoms with van der Waals surface area (Å²) in [5.41, 5.74) is 1.61. The highest BCUT2D eigenvalue weighted by Crippen LogP contribution is 2.40. The normalized spacial score (nSPS) is 16.4. The summed E-state index contributed by atoms with van der Waals surface area (Å²) in [4.78, 5) is 32.1. The van der Waals surface area contributed by atoms with Crippen LogP contribution < -0.4 is 4.74 Å². The Hall–Kier alpha value is -3.45. The molecule has 0 radical (unpaired) electrons. The molecule has 1 aliphatic heterocycles. The van der Waals surface area contributed by atoms with Gasteiger partial charge in [0.2, 0.25) is 5.78 Å². The number of aliphatic hydroxyl groups excluding tert-OH is 1. The number of ketones is 1. The first-order valence-electron chi connectivity index (χ1n) is 8.95. The van der Waals surface area contributed by atoms with E-state index in [1.165, 1.54) is 16.2 Å². The molecule has 3 aromatic rings. The molecule has 1 unspecified atom stereocenters. The maximum Gasteiger partial charge on any atom is 0.290 e. The Morgan fingerprint density at radius 3 is 2.62 bits per heavy atom. The van der Waals surface area contributed by atoms with Gasteiger partial charge in [0.15, 0.2) is 5.76 Å². The van der Waals surface area contributed by atoms with E-state index in [9.17, 15) is 14.7 Å². The van der Waals surface area contributed by atoms with E-state index in [0.717, 1.165) is 5.56 Å². The summed E-state index contributed by atoms with van der Waals surface area (Å²) in [6.07, 6.45) is 3.31. The summed E-state index contributed by atoms with van der Waals surface area (Å²) >= 11 is 1.28. The molecular formula is C22H18N2O4S. The number of rotatable bonds is 6. The van der Waals surface area contributed by atoms with Crippen LogP contribution in [0, 0.1) is 0 Å². The minimum atomic E-state index is -0.705. The summed E-state index contributed by atoms with van der Waals surface area (Å²) in [6.45, 7) is 0.217. The number of carbonyl (C=O) groups excluding carboxylic acids is 2. The van der Waals surface area contributed by atoms with Gasteiger partial charge in [0, 0.05) is 18.9 Å². The van der Waals surface area contributed by atoms with Crippen molar-refractivity contribution in [3.8, 4) is 5.75 Å². The molecule has 1 atom stereocenters. The van der Waals surface area contributed by atoms with Gasteiger partial charge < -0.3 is 14.7 Å². The van der Waals surface area contributed by atoms with Crippen molar-refractivity contribution in [3.63, 3.8) is 0 Å². The van der Waals surface area contributed by atoms with Crippen molar-refractivity contribution >= 4 is 23.0 Å². The summed E-state index contributed by atoms with van der Waals surface area (Å²) < 4.78 is 5.21. The van der Waals surface area contributed by atoms with Crippen molar-refractivity contribution in [2.75, 3.05) is 7.11 Å². The van der Waals surface area contributed by atoms with Crippen LogP contribution in [0.15, 0.2) is 77.6 Å². The molecule has 29 heavy (non-hydrogen) atoms. The van der Waals surface area contributed by atoms with E-state index in [2.05, 4.69) is 4.98 Å². The standard InChI is InChI=1S/C22H18N2O4S/c1-28-16-8-6-15(7-9-16)19-18(20(25)17-5-3-11-29-17)21(26)22(27)24(19)13-14-4-2-10-23-12-14/h2-12,19,26H,13H2,1H3. The monoisotopic (exact) mass is 406 g/mol.